The summed E-state index contributed by atoms with van der Waals surface area (Å²) in [7, 11) is -2.54. The van der Waals surface area contributed by atoms with E-state index < -0.39 is 15.9 Å². The molecule has 10 heteroatoms. The normalized spacial score (nSPS) is 19.2. The highest BCUT2D eigenvalue weighted by Gasteiger charge is 2.42. The molecule has 2 heterocycles. The maximum Gasteiger partial charge on any atom is 0.310 e. The summed E-state index contributed by atoms with van der Waals surface area (Å²) in [6.45, 7) is 4.26. The van der Waals surface area contributed by atoms with Crippen molar-refractivity contribution in [1.82, 2.24) is 9.21 Å². The fourth-order valence-corrected chi connectivity index (χ4v) is 6.48. The van der Waals surface area contributed by atoms with Gasteiger partial charge in [0, 0.05) is 24.2 Å². The van der Waals surface area contributed by atoms with Gasteiger partial charge in [-0.05, 0) is 74.2 Å². The minimum absolute atomic E-state index is 0.0202. The summed E-state index contributed by atoms with van der Waals surface area (Å²) in [5.41, 5.74) is 1.56. The van der Waals surface area contributed by atoms with Crippen molar-refractivity contribution in [2.45, 2.75) is 33.2 Å². The van der Waals surface area contributed by atoms with Gasteiger partial charge in [0.1, 0.15) is 10.7 Å². The lowest BCUT2D eigenvalue weighted by Crippen LogP contribution is -2.42. The van der Waals surface area contributed by atoms with Crippen LogP contribution < -0.4 is 4.74 Å². The van der Waals surface area contributed by atoms with Gasteiger partial charge in [0.15, 0.2) is 0 Å². The van der Waals surface area contributed by atoms with Gasteiger partial charge in [-0.2, -0.15) is 0 Å². The van der Waals surface area contributed by atoms with E-state index in [2.05, 4.69) is 0 Å². The molecule has 196 valence electrons. The van der Waals surface area contributed by atoms with Gasteiger partial charge in [-0.3, -0.25) is 14.4 Å². The Kier molecular flexibility index (Phi) is 7.68. The van der Waals surface area contributed by atoms with Crippen LogP contribution in [0.1, 0.15) is 48.2 Å². The summed E-state index contributed by atoms with van der Waals surface area (Å²) in [5, 5.41) is 0. The molecule has 0 N–H and O–H groups in total. The Morgan fingerprint density at radius 3 is 2.35 bits per heavy atom. The van der Waals surface area contributed by atoms with Crippen molar-refractivity contribution in [3.63, 3.8) is 0 Å². The van der Waals surface area contributed by atoms with Crippen LogP contribution in [0.3, 0.4) is 0 Å². The van der Waals surface area contributed by atoms with Crippen molar-refractivity contribution < 1.29 is 32.3 Å². The summed E-state index contributed by atoms with van der Waals surface area (Å²) in [4.78, 5) is 39.7. The average Bonchev–Trinajstić information content (AvgIpc) is 3.07. The van der Waals surface area contributed by atoms with E-state index in [1.165, 1.54) is 14.0 Å². The number of methoxy groups -OCH3 is 1. The third-order valence-electron chi connectivity index (χ3n) is 6.64. The van der Waals surface area contributed by atoms with Crippen LogP contribution in [0.25, 0.3) is 4.91 Å². The number of benzene rings is 2. The van der Waals surface area contributed by atoms with Crippen LogP contribution in [0, 0.1) is 5.92 Å². The van der Waals surface area contributed by atoms with Crippen LogP contribution in [-0.4, -0.2) is 62.2 Å². The van der Waals surface area contributed by atoms with Crippen LogP contribution in [-0.2, 0) is 30.9 Å². The first kappa shape index (κ1) is 26.4. The SMILES string of the molecule is CCOC(=O)C1CCCN(C(=O)c2ccc(CN3C(=O)C(C)=C(c4ccc(OC)cc4)S3(=O)=O)cc2)C1. The largest absolute Gasteiger partial charge is 0.497 e. The van der Waals surface area contributed by atoms with Crippen molar-refractivity contribution in [2.24, 2.45) is 5.92 Å². The summed E-state index contributed by atoms with van der Waals surface area (Å²) in [6.07, 6.45) is 1.40. The number of ether oxygens (including phenoxy) is 2. The molecule has 1 fully saturated rings. The summed E-state index contributed by atoms with van der Waals surface area (Å²) in [5.74, 6) is -0.825. The van der Waals surface area contributed by atoms with Crippen LogP contribution in [0.2, 0.25) is 0 Å². The molecule has 0 radical (unpaired) electrons. The highest BCUT2D eigenvalue weighted by molar-refractivity contribution is 7.99. The first-order valence-electron chi connectivity index (χ1n) is 12.1. The summed E-state index contributed by atoms with van der Waals surface area (Å²) >= 11 is 0. The molecule has 0 spiro atoms. The van der Waals surface area contributed by atoms with E-state index in [0.717, 1.165) is 4.31 Å². The molecule has 0 saturated carbocycles. The second-order valence-electron chi connectivity index (χ2n) is 9.04. The molecule has 1 atom stereocenters. The monoisotopic (exact) mass is 526 g/mol. The second kappa shape index (κ2) is 10.8. The second-order valence-corrected chi connectivity index (χ2v) is 10.8. The van der Waals surface area contributed by atoms with Crippen LogP contribution in [0.15, 0.2) is 54.1 Å². The van der Waals surface area contributed by atoms with Gasteiger partial charge >= 0.3 is 5.97 Å². The average molecular weight is 527 g/mol. The number of hydrogen-bond donors (Lipinski definition) is 0. The Bertz CT molecular complexity index is 1330. The quantitative estimate of drug-likeness (QED) is 0.510. The fraction of sp³-hybridized carbons (Fsp3) is 0.370. The van der Waals surface area contributed by atoms with E-state index in [9.17, 15) is 22.8 Å². The van der Waals surface area contributed by atoms with Crippen LogP contribution in [0.4, 0.5) is 0 Å². The first-order valence-corrected chi connectivity index (χ1v) is 13.6. The molecule has 37 heavy (non-hydrogen) atoms. The zero-order chi connectivity index (χ0) is 26.7. The number of sulfonamides is 1. The van der Waals surface area contributed by atoms with Crippen molar-refractivity contribution in [1.29, 1.82) is 0 Å². The first-order chi connectivity index (χ1) is 17.7. The molecule has 2 amide bonds. The smallest absolute Gasteiger partial charge is 0.310 e. The van der Waals surface area contributed by atoms with Gasteiger partial charge in [-0.1, -0.05) is 12.1 Å². The number of likely N-dealkylation sites (tertiary alicyclic amines) is 1. The molecule has 0 aromatic heterocycles. The highest BCUT2D eigenvalue weighted by Crippen LogP contribution is 2.37. The molecular weight excluding hydrogens is 496 g/mol. The number of carbonyl (C=O) groups is 3. The minimum Gasteiger partial charge on any atom is -0.497 e. The maximum atomic E-state index is 13.3. The van der Waals surface area contributed by atoms with E-state index in [-0.39, 0.29) is 34.8 Å². The zero-order valence-corrected chi connectivity index (χ0v) is 21.9. The van der Waals surface area contributed by atoms with Gasteiger partial charge in [-0.25, -0.2) is 12.7 Å². The molecule has 4 rings (SSSR count). The Morgan fingerprint density at radius 2 is 1.73 bits per heavy atom. The lowest BCUT2D eigenvalue weighted by atomic mass is 9.97. The molecular formula is C27H30N2O7S. The lowest BCUT2D eigenvalue weighted by molar-refractivity contribution is -0.149. The number of carbonyl (C=O) groups excluding carboxylic acids is 3. The number of amides is 2. The number of rotatable bonds is 7. The molecule has 2 aromatic rings. The van der Waals surface area contributed by atoms with Gasteiger partial charge in [0.2, 0.25) is 0 Å². The van der Waals surface area contributed by atoms with Crippen molar-refractivity contribution >= 4 is 32.7 Å². The Hall–Kier alpha value is -3.66. The number of nitrogens with zero attached hydrogens (tertiary/aromatic N) is 2. The molecule has 0 aliphatic carbocycles. The number of piperidine rings is 1. The summed E-state index contributed by atoms with van der Waals surface area (Å²) < 4.78 is 37.7. The predicted octanol–water partition coefficient (Wildman–Crippen LogP) is 3.21. The van der Waals surface area contributed by atoms with Gasteiger partial charge in [-0.15, -0.1) is 0 Å². The maximum absolute atomic E-state index is 13.3. The standard InChI is InChI=1S/C27H30N2O7S/c1-4-36-27(32)22-6-5-15-28(17-22)26(31)21-9-7-19(8-10-21)16-29-25(30)18(2)24(37(29,33)34)20-11-13-23(35-3)14-12-20/h7-14,22H,4-6,15-17H2,1-3H3. The van der Waals surface area contributed by atoms with Crippen LogP contribution in [0.5, 0.6) is 5.75 Å². The van der Waals surface area contributed by atoms with Gasteiger partial charge < -0.3 is 14.4 Å². The molecule has 1 saturated heterocycles. The minimum atomic E-state index is -4.06. The topological polar surface area (TPSA) is 110 Å². The fourth-order valence-electron chi connectivity index (χ4n) is 4.68. The third kappa shape index (κ3) is 5.24. The van der Waals surface area contributed by atoms with Crippen molar-refractivity contribution in [3.8, 4) is 5.75 Å². The van der Waals surface area contributed by atoms with E-state index >= 15 is 0 Å². The number of hydrogen-bond acceptors (Lipinski definition) is 7. The van der Waals surface area contributed by atoms with Gasteiger partial charge in [0.25, 0.3) is 21.8 Å². The van der Waals surface area contributed by atoms with E-state index in [1.54, 1.807) is 60.4 Å². The molecule has 2 aliphatic heterocycles. The van der Waals surface area contributed by atoms with E-state index in [0.29, 0.717) is 55.0 Å². The zero-order valence-electron chi connectivity index (χ0n) is 21.1. The van der Waals surface area contributed by atoms with Gasteiger partial charge in [0.05, 0.1) is 26.2 Å². The summed E-state index contributed by atoms with van der Waals surface area (Å²) in [6, 6.07) is 13.0. The van der Waals surface area contributed by atoms with Crippen molar-refractivity contribution in [2.75, 3.05) is 26.8 Å². The third-order valence-corrected chi connectivity index (χ3v) is 8.58. The predicted molar refractivity (Wildman–Crippen MR) is 137 cm³/mol. The van der Waals surface area contributed by atoms with E-state index in [1.807, 2.05) is 0 Å². The van der Waals surface area contributed by atoms with E-state index in [4.69, 9.17) is 9.47 Å². The molecule has 1 unspecified atom stereocenters. The Balaban J connectivity index is 1.47. The number of esters is 1. The van der Waals surface area contributed by atoms with Crippen molar-refractivity contribution in [3.05, 3.63) is 70.8 Å². The highest BCUT2D eigenvalue weighted by atomic mass is 32.2. The molecule has 2 aliphatic rings. The Labute approximate surface area is 216 Å². The molecule has 2 aromatic carbocycles. The molecule has 0 bridgehead atoms. The lowest BCUT2D eigenvalue weighted by Gasteiger charge is -2.31. The molecule has 9 nitrogen and oxygen atoms in total. The Morgan fingerprint density at radius 1 is 1.05 bits per heavy atom. The van der Waals surface area contributed by atoms with Crippen LogP contribution >= 0.6 is 0 Å².